The van der Waals surface area contributed by atoms with E-state index in [4.69, 9.17) is 4.74 Å². The quantitative estimate of drug-likeness (QED) is 0.671. The van der Waals surface area contributed by atoms with Crippen LogP contribution < -0.4 is 15.4 Å². The van der Waals surface area contributed by atoms with E-state index in [2.05, 4.69) is 25.6 Å². The first-order valence-electron chi connectivity index (χ1n) is 9.01. The van der Waals surface area contributed by atoms with Crippen LogP contribution in [0.1, 0.15) is 39.2 Å². The average molecular weight is 411 g/mol. The summed E-state index contributed by atoms with van der Waals surface area (Å²) in [4.78, 5) is 22.9. The van der Waals surface area contributed by atoms with Crippen LogP contribution in [0.25, 0.3) is 0 Å². The Hall–Kier alpha value is -2.91. The first-order chi connectivity index (χ1) is 13.5. The zero-order chi connectivity index (χ0) is 21.8. The number of aromatic nitrogens is 3. The number of hydrogen-bond acceptors (Lipinski definition) is 6. The van der Waals surface area contributed by atoms with Gasteiger partial charge in [0, 0.05) is 31.7 Å². The van der Waals surface area contributed by atoms with Gasteiger partial charge in [0.05, 0.1) is 11.9 Å². The summed E-state index contributed by atoms with van der Waals surface area (Å²) >= 11 is 0. The van der Waals surface area contributed by atoms with Gasteiger partial charge in [0.2, 0.25) is 11.7 Å². The SMILES string of the molecule is CC(=O)Nc1cc(Nc2cc(C)nc(C(C)(F)F)n2)c(OCC(F)C(C)C)cn1. The van der Waals surface area contributed by atoms with Crippen molar-refractivity contribution in [1.82, 2.24) is 15.0 Å². The minimum atomic E-state index is -3.22. The number of alkyl halides is 3. The van der Waals surface area contributed by atoms with Gasteiger partial charge in [-0.1, -0.05) is 13.8 Å². The molecule has 0 aliphatic carbocycles. The van der Waals surface area contributed by atoms with Crippen LogP contribution in [0.5, 0.6) is 5.75 Å². The summed E-state index contributed by atoms with van der Waals surface area (Å²) in [7, 11) is 0. The van der Waals surface area contributed by atoms with Crippen molar-refractivity contribution in [2.45, 2.75) is 46.7 Å². The van der Waals surface area contributed by atoms with Crippen molar-refractivity contribution < 1.29 is 22.7 Å². The van der Waals surface area contributed by atoms with Crippen molar-refractivity contribution in [1.29, 1.82) is 0 Å². The lowest BCUT2D eigenvalue weighted by Crippen LogP contribution is -2.19. The second kappa shape index (κ2) is 9.06. The summed E-state index contributed by atoms with van der Waals surface area (Å²) in [6.45, 7) is 6.82. The van der Waals surface area contributed by atoms with Gasteiger partial charge in [-0.15, -0.1) is 0 Å². The van der Waals surface area contributed by atoms with Crippen molar-refractivity contribution in [2.75, 3.05) is 17.2 Å². The third-order valence-corrected chi connectivity index (χ3v) is 3.80. The molecule has 29 heavy (non-hydrogen) atoms. The minimum Gasteiger partial charge on any atom is -0.487 e. The van der Waals surface area contributed by atoms with E-state index < -0.39 is 17.9 Å². The highest BCUT2D eigenvalue weighted by molar-refractivity contribution is 5.88. The van der Waals surface area contributed by atoms with E-state index in [1.807, 2.05) is 0 Å². The molecular weight excluding hydrogens is 387 g/mol. The second-order valence-corrected chi connectivity index (χ2v) is 7.05. The molecule has 1 atom stereocenters. The van der Waals surface area contributed by atoms with Crippen LogP contribution in [0.2, 0.25) is 0 Å². The van der Waals surface area contributed by atoms with Gasteiger partial charge in [-0.25, -0.2) is 19.3 Å². The van der Waals surface area contributed by atoms with Gasteiger partial charge in [0.25, 0.3) is 0 Å². The van der Waals surface area contributed by atoms with E-state index >= 15 is 0 Å². The normalized spacial score (nSPS) is 12.6. The Morgan fingerprint density at radius 1 is 1.24 bits per heavy atom. The Morgan fingerprint density at radius 2 is 1.93 bits per heavy atom. The topological polar surface area (TPSA) is 89.0 Å². The van der Waals surface area contributed by atoms with Crippen molar-refractivity contribution in [3.8, 4) is 5.75 Å². The van der Waals surface area contributed by atoms with E-state index in [0.29, 0.717) is 12.6 Å². The van der Waals surface area contributed by atoms with Gasteiger partial charge in [0.15, 0.2) is 5.75 Å². The second-order valence-electron chi connectivity index (χ2n) is 7.05. The summed E-state index contributed by atoms with van der Waals surface area (Å²) in [5.41, 5.74) is 0.615. The summed E-state index contributed by atoms with van der Waals surface area (Å²) in [6, 6.07) is 2.92. The highest BCUT2D eigenvalue weighted by Gasteiger charge is 2.29. The molecule has 0 bridgehead atoms. The van der Waals surface area contributed by atoms with Crippen LogP contribution in [0.3, 0.4) is 0 Å². The molecule has 0 aliphatic rings. The highest BCUT2D eigenvalue weighted by atomic mass is 19.3. The van der Waals surface area contributed by atoms with Gasteiger partial charge in [-0.05, 0) is 12.8 Å². The molecule has 0 radical (unpaired) electrons. The van der Waals surface area contributed by atoms with Gasteiger partial charge in [-0.3, -0.25) is 4.79 Å². The predicted molar refractivity (Wildman–Crippen MR) is 103 cm³/mol. The monoisotopic (exact) mass is 411 g/mol. The Labute approximate surface area is 167 Å². The lowest BCUT2D eigenvalue weighted by Gasteiger charge is -2.17. The standard InChI is InChI=1S/C19H24F3N5O2/c1-10(2)13(20)9-29-15-8-23-16(25-12(4)28)7-14(15)26-17-6-11(3)24-18(27-17)19(5,21)22/h6-8,10,13H,9H2,1-5H3,(H2,23,24,25,26,27,28). The minimum absolute atomic E-state index is 0.0968. The number of halogens is 3. The van der Waals surface area contributed by atoms with E-state index in [0.717, 1.165) is 0 Å². The molecule has 0 spiro atoms. The third kappa shape index (κ3) is 6.58. The first kappa shape index (κ1) is 22.4. The zero-order valence-electron chi connectivity index (χ0n) is 16.9. The average Bonchev–Trinajstić information content (AvgIpc) is 2.59. The molecule has 158 valence electrons. The van der Waals surface area contributed by atoms with Crippen molar-refractivity contribution in [3.05, 3.63) is 29.8 Å². The van der Waals surface area contributed by atoms with Crippen molar-refractivity contribution in [2.24, 2.45) is 5.92 Å². The van der Waals surface area contributed by atoms with Gasteiger partial charge < -0.3 is 15.4 Å². The number of amides is 1. The maximum atomic E-state index is 13.9. The van der Waals surface area contributed by atoms with E-state index in [1.165, 1.54) is 25.3 Å². The van der Waals surface area contributed by atoms with E-state index in [-0.39, 0.29) is 41.5 Å². The molecule has 0 saturated carbocycles. The Morgan fingerprint density at radius 3 is 2.52 bits per heavy atom. The lowest BCUT2D eigenvalue weighted by atomic mass is 10.1. The maximum absolute atomic E-state index is 13.9. The smallest absolute Gasteiger partial charge is 0.303 e. The number of carbonyl (C=O) groups is 1. The van der Waals surface area contributed by atoms with Crippen LogP contribution in [-0.2, 0) is 10.7 Å². The predicted octanol–water partition coefficient (Wildman–Crippen LogP) is 4.37. The summed E-state index contributed by atoms with van der Waals surface area (Å²) < 4.78 is 46.7. The summed E-state index contributed by atoms with van der Waals surface area (Å²) in [5.74, 6) is -3.95. The fraction of sp³-hybridized carbons (Fsp3) is 0.474. The number of ether oxygens (including phenoxy) is 1. The third-order valence-electron chi connectivity index (χ3n) is 3.80. The number of nitrogens with zero attached hydrogens (tertiary/aromatic N) is 3. The molecule has 10 heteroatoms. The highest BCUT2D eigenvalue weighted by Crippen LogP contribution is 2.31. The van der Waals surface area contributed by atoms with Gasteiger partial charge in [0.1, 0.15) is 24.4 Å². The Kier molecular flexibility index (Phi) is 6.99. The maximum Gasteiger partial charge on any atom is 0.303 e. The lowest BCUT2D eigenvalue weighted by molar-refractivity contribution is -0.114. The molecule has 0 aromatic carbocycles. The molecule has 1 unspecified atom stereocenters. The zero-order valence-corrected chi connectivity index (χ0v) is 16.9. The Balaban J connectivity index is 2.37. The molecular formula is C19H24F3N5O2. The summed E-state index contributed by atoms with van der Waals surface area (Å²) in [5, 5.41) is 5.39. The number of anilines is 3. The molecule has 2 aromatic heterocycles. The molecule has 2 N–H and O–H groups in total. The van der Waals surface area contributed by atoms with Crippen LogP contribution in [0.15, 0.2) is 18.3 Å². The van der Waals surface area contributed by atoms with Crippen LogP contribution >= 0.6 is 0 Å². The van der Waals surface area contributed by atoms with Crippen molar-refractivity contribution >= 4 is 23.2 Å². The van der Waals surface area contributed by atoms with Crippen molar-refractivity contribution in [3.63, 3.8) is 0 Å². The molecule has 2 aromatic rings. The molecule has 1 amide bonds. The molecule has 0 fully saturated rings. The molecule has 2 rings (SSSR count). The Bertz CT molecular complexity index is 871. The largest absolute Gasteiger partial charge is 0.487 e. The number of nitrogens with one attached hydrogen (secondary N) is 2. The fourth-order valence-electron chi connectivity index (χ4n) is 2.23. The fourth-order valence-corrected chi connectivity index (χ4v) is 2.23. The first-order valence-corrected chi connectivity index (χ1v) is 9.01. The summed E-state index contributed by atoms with van der Waals surface area (Å²) in [6.07, 6.45) is 0.105. The number of hydrogen-bond donors (Lipinski definition) is 2. The number of carbonyl (C=O) groups excluding carboxylic acids is 1. The van der Waals surface area contributed by atoms with E-state index in [1.54, 1.807) is 20.8 Å². The number of pyridine rings is 1. The van der Waals surface area contributed by atoms with E-state index in [9.17, 15) is 18.0 Å². The van der Waals surface area contributed by atoms with Gasteiger partial charge >= 0.3 is 5.92 Å². The van der Waals surface area contributed by atoms with Crippen LogP contribution in [0, 0.1) is 12.8 Å². The van der Waals surface area contributed by atoms with Gasteiger partial charge in [-0.2, -0.15) is 8.78 Å². The molecule has 2 heterocycles. The number of aryl methyl sites for hydroxylation is 1. The van der Waals surface area contributed by atoms with Crippen LogP contribution in [0.4, 0.5) is 30.5 Å². The molecule has 7 nitrogen and oxygen atoms in total. The molecule has 0 saturated heterocycles. The molecule has 0 aliphatic heterocycles. The van der Waals surface area contributed by atoms with Crippen LogP contribution in [-0.4, -0.2) is 33.6 Å². The number of rotatable bonds is 8.